The lowest BCUT2D eigenvalue weighted by atomic mass is 10.1. The Labute approximate surface area is 167 Å². The Hall–Kier alpha value is -2.55. The Morgan fingerprint density at radius 1 is 1.32 bits per heavy atom. The minimum absolute atomic E-state index is 0.0252. The molecule has 1 atom stereocenters. The van der Waals surface area contributed by atoms with E-state index in [0.717, 1.165) is 46.3 Å². The van der Waals surface area contributed by atoms with Crippen LogP contribution in [-0.4, -0.2) is 43.9 Å². The number of hydrogen-bond acceptors (Lipinski definition) is 8. The highest BCUT2D eigenvalue weighted by Gasteiger charge is 2.32. The van der Waals surface area contributed by atoms with Gasteiger partial charge in [0.25, 0.3) is 0 Å². The molecule has 0 saturated heterocycles. The molecule has 1 unspecified atom stereocenters. The predicted octanol–water partition coefficient (Wildman–Crippen LogP) is 3.47. The summed E-state index contributed by atoms with van der Waals surface area (Å²) >= 11 is 1.36. The summed E-state index contributed by atoms with van der Waals surface area (Å²) < 4.78 is 7.42. The average Bonchev–Trinajstić information content (AvgIpc) is 3.25. The Balaban J connectivity index is 1.78. The number of thiophene rings is 1. The number of carbonyl (C=O) groups excluding carboxylic acids is 1. The smallest absolute Gasteiger partial charge is 0.348 e. The molecule has 0 amide bonds. The van der Waals surface area contributed by atoms with E-state index in [0.29, 0.717) is 17.4 Å². The molecule has 148 valence electrons. The summed E-state index contributed by atoms with van der Waals surface area (Å²) in [5.74, 6) is 2.83. The van der Waals surface area contributed by atoms with Gasteiger partial charge in [-0.1, -0.05) is 13.8 Å². The minimum Gasteiger partial charge on any atom is -0.462 e. The highest BCUT2D eigenvalue weighted by Crippen LogP contribution is 2.39. The quantitative estimate of drug-likeness (QED) is 0.620. The van der Waals surface area contributed by atoms with Gasteiger partial charge in [0.2, 0.25) is 0 Å². The maximum Gasteiger partial charge on any atom is 0.348 e. The zero-order valence-electron chi connectivity index (χ0n) is 16.8. The van der Waals surface area contributed by atoms with E-state index in [1.165, 1.54) is 11.3 Å². The number of aromatic nitrogens is 5. The molecule has 8 nitrogen and oxygen atoms in total. The van der Waals surface area contributed by atoms with Gasteiger partial charge in [-0.25, -0.2) is 14.8 Å². The van der Waals surface area contributed by atoms with Gasteiger partial charge in [0, 0.05) is 19.0 Å². The van der Waals surface area contributed by atoms with E-state index in [2.05, 4.69) is 50.4 Å². The lowest BCUT2D eigenvalue weighted by Gasteiger charge is -2.35. The van der Waals surface area contributed by atoms with Gasteiger partial charge >= 0.3 is 5.97 Å². The van der Waals surface area contributed by atoms with Crippen molar-refractivity contribution in [2.75, 3.05) is 18.1 Å². The van der Waals surface area contributed by atoms with Gasteiger partial charge in [-0.15, -0.1) is 21.5 Å². The van der Waals surface area contributed by atoms with Crippen LogP contribution >= 0.6 is 11.3 Å². The largest absolute Gasteiger partial charge is 0.462 e. The molecule has 4 rings (SSSR count). The monoisotopic (exact) mass is 400 g/mol. The van der Waals surface area contributed by atoms with Crippen molar-refractivity contribution in [2.45, 2.75) is 53.1 Å². The van der Waals surface area contributed by atoms with Crippen LogP contribution in [0, 0.1) is 6.92 Å². The Morgan fingerprint density at radius 2 is 2.11 bits per heavy atom. The summed E-state index contributed by atoms with van der Waals surface area (Å²) in [5, 5.41) is 9.77. The van der Waals surface area contributed by atoms with E-state index >= 15 is 0 Å². The second-order valence-electron chi connectivity index (χ2n) is 7.25. The molecule has 0 fully saturated rings. The Kier molecular flexibility index (Phi) is 4.78. The van der Waals surface area contributed by atoms with Crippen molar-refractivity contribution in [3.63, 3.8) is 0 Å². The molecule has 0 saturated carbocycles. The van der Waals surface area contributed by atoms with Crippen molar-refractivity contribution in [3.8, 4) is 0 Å². The van der Waals surface area contributed by atoms with E-state index in [4.69, 9.17) is 4.74 Å². The van der Waals surface area contributed by atoms with E-state index < -0.39 is 0 Å². The molecule has 1 aliphatic rings. The fourth-order valence-corrected chi connectivity index (χ4v) is 4.82. The maximum atomic E-state index is 12.3. The first kappa shape index (κ1) is 18.8. The zero-order valence-corrected chi connectivity index (χ0v) is 17.6. The molecular weight excluding hydrogens is 376 g/mol. The number of fused-ring (bicyclic) bond motifs is 2. The number of rotatable bonds is 4. The van der Waals surface area contributed by atoms with Crippen LogP contribution in [0.1, 0.15) is 66.5 Å². The summed E-state index contributed by atoms with van der Waals surface area (Å²) in [6.45, 7) is 12.1. The number of ether oxygens (including phenoxy) is 1. The van der Waals surface area contributed by atoms with Crippen LogP contribution in [0.25, 0.3) is 10.2 Å². The fourth-order valence-electron chi connectivity index (χ4n) is 3.79. The molecule has 3 aromatic heterocycles. The van der Waals surface area contributed by atoms with Crippen molar-refractivity contribution >= 4 is 33.3 Å². The van der Waals surface area contributed by atoms with Gasteiger partial charge in [-0.05, 0) is 26.3 Å². The highest BCUT2D eigenvalue weighted by atomic mass is 32.1. The molecule has 1 aliphatic heterocycles. The Bertz CT molecular complexity index is 1040. The number of carbonyl (C=O) groups is 1. The van der Waals surface area contributed by atoms with Crippen LogP contribution in [0.2, 0.25) is 0 Å². The van der Waals surface area contributed by atoms with Crippen LogP contribution in [0.5, 0.6) is 0 Å². The standard InChI is InChI=1S/C19H24N6O2S/c1-6-27-19(26)14-11(4)13-17(20-9-21-18(13)28-14)24-7-8-25-15(10(2)3)22-23-16(25)12(24)5/h9-10,12H,6-8H2,1-5H3. The molecule has 3 aromatic rings. The van der Waals surface area contributed by atoms with Crippen molar-refractivity contribution in [2.24, 2.45) is 0 Å². The number of anilines is 1. The number of aryl methyl sites for hydroxylation is 1. The van der Waals surface area contributed by atoms with E-state index in [-0.39, 0.29) is 12.0 Å². The number of nitrogens with zero attached hydrogens (tertiary/aromatic N) is 6. The first-order chi connectivity index (χ1) is 13.4. The molecule has 28 heavy (non-hydrogen) atoms. The molecule has 9 heteroatoms. The van der Waals surface area contributed by atoms with Crippen molar-refractivity contribution in [1.29, 1.82) is 0 Å². The summed E-state index contributed by atoms with van der Waals surface area (Å²) in [6.07, 6.45) is 1.56. The average molecular weight is 401 g/mol. The number of esters is 1. The maximum absolute atomic E-state index is 12.3. The lowest BCUT2D eigenvalue weighted by Crippen LogP contribution is -2.38. The number of hydrogen-bond donors (Lipinski definition) is 0. The molecular formula is C19H24N6O2S. The molecule has 0 bridgehead atoms. The fraction of sp³-hybridized carbons (Fsp3) is 0.526. The summed E-state index contributed by atoms with van der Waals surface area (Å²) in [5.41, 5.74) is 0.871. The van der Waals surface area contributed by atoms with Crippen LogP contribution in [0.3, 0.4) is 0 Å². The minimum atomic E-state index is -0.304. The van der Waals surface area contributed by atoms with Crippen LogP contribution in [0.15, 0.2) is 6.33 Å². The predicted molar refractivity (Wildman–Crippen MR) is 108 cm³/mol. The van der Waals surface area contributed by atoms with Gasteiger partial charge in [-0.3, -0.25) is 0 Å². The third kappa shape index (κ3) is 2.85. The molecule has 0 N–H and O–H groups in total. The summed E-state index contributed by atoms with van der Waals surface area (Å²) in [7, 11) is 0. The third-order valence-electron chi connectivity index (χ3n) is 5.17. The second-order valence-corrected chi connectivity index (χ2v) is 8.25. The van der Waals surface area contributed by atoms with E-state index in [9.17, 15) is 4.79 Å². The highest BCUT2D eigenvalue weighted by molar-refractivity contribution is 7.20. The lowest BCUT2D eigenvalue weighted by molar-refractivity contribution is 0.0531. The first-order valence-electron chi connectivity index (χ1n) is 9.54. The molecule has 0 aromatic carbocycles. The van der Waals surface area contributed by atoms with E-state index in [1.807, 2.05) is 13.8 Å². The van der Waals surface area contributed by atoms with Gasteiger partial charge in [0.15, 0.2) is 5.82 Å². The van der Waals surface area contributed by atoms with Crippen molar-refractivity contribution < 1.29 is 9.53 Å². The molecule has 0 aliphatic carbocycles. The zero-order chi connectivity index (χ0) is 20.0. The van der Waals surface area contributed by atoms with Crippen LogP contribution in [-0.2, 0) is 11.3 Å². The molecule has 4 heterocycles. The topological polar surface area (TPSA) is 86.0 Å². The van der Waals surface area contributed by atoms with Crippen LogP contribution in [0.4, 0.5) is 5.82 Å². The first-order valence-corrected chi connectivity index (χ1v) is 10.4. The van der Waals surface area contributed by atoms with Crippen molar-refractivity contribution in [1.82, 2.24) is 24.7 Å². The van der Waals surface area contributed by atoms with Crippen molar-refractivity contribution in [3.05, 3.63) is 28.4 Å². The third-order valence-corrected chi connectivity index (χ3v) is 6.35. The Morgan fingerprint density at radius 3 is 2.82 bits per heavy atom. The molecule has 0 radical (unpaired) electrons. The normalized spacial score (nSPS) is 16.6. The van der Waals surface area contributed by atoms with Gasteiger partial charge < -0.3 is 14.2 Å². The van der Waals surface area contributed by atoms with Gasteiger partial charge in [0.1, 0.15) is 27.7 Å². The SMILES string of the molecule is CCOC(=O)c1sc2ncnc(N3CCn4c(C(C)C)nnc4C3C)c2c1C. The second kappa shape index (κ2) is 7.12. The van der Waals surface area contributed by atoms with Crippen LogP contribution < -0.4 is 4.90 Å². The summed E-state index contributed by atoms with van der Waals surface area (Å²) in [6, 6.07) is 0.0252. The van der Waals surface area contributed by atoms with Gasteiger partial charge in [-0.2, -0.15) is 0 Å². The van der Waals surface area contributed by atoms with Gasteiger partial charge in [0.05, 0.1) is 18.0 Å². The molecule has 0 spiro atoms. The van der Waals surface area contributed by atoms with E-state index in [1.54, 1.807) is 6.33 Å². The summed E-state index contributed by atoms with van der Waals surface area (Å²) in [4.78, 5) is 24.9.